The van der Waals surface area contributed by atoms with Crippen molar-refractivity contribution in [3.63, 3.8) is 0 Å². The maximum Gasteiger partial charge on any atom is 0.417 e. The number of benzene rings is 1. The van der Waals surface area contributed by atoms with Gasteiger partial charge in [-0.3, -0.25) is 9.78 Å². The second-order valence-corrected chi connectivity index (χ2v) is 5.96. The van der Waals surface area contributed by atoms with Crippen molar-refractivity contribution in [3.05, 3.63) is 75.4 Å². The summed E-state index contributed by atoms with van der Waals surface area (Å²) in [5, 5.41) is -0.523. The summed E-state index contributed by atoms with van der Waals surface area (Å²) in [5.74, 6) is -0.0235. The number of aromatic nitrogens is 3. The molecule has 0 aliphatic carbocycles. The maximum absolute atomic E-state index is 13.2. The molecule has 2 aromatic heterocycles. The Kier molecular flexibility index (Phi) is 5.18. The van der Waals surface area contributed by atoms with Crippen LogP contribution in [0.25, 0.3) is 11.4 Å². The van der Waals surface area contributed by atoms with Crippen LogP contribution in [0.1, 0.15) is 11.1 Å². The fraction of sp³-hybridized carbons (Fsp3) is 0.167. The first kappa shape index (κ1) is 18.9. The first-order valence-electron chi connectivity index (χ1n) is 7.71. The van der Waals surface area contributed by atoms with Gasteiger partial charge in [-0.25, -0.2) is 0 Å². The smallest absolute Gasteiger partial charge is 0.417 e. The molecule has 0 N–H and O–H groups in total. The summed E-state index contributed by atoms with van der Waals surface area (Å²) < 4.78 is 46.1. The van der Waals surface area contributed by atoms with E-state index < -0.39 is 22.3 Å². The van der Waals surface area contributed by atoms with Crippen molar-refractivity contribution in [2.24, 2.45) is 0 Å². The molecular formula is C18H13ClF3N3O2. The van der Waals surface area contributed by atoms with Gasteiger partial charge in [0.2, 0.25) is 5.75 Å². The van der Waals surface area contributed by atoms with Crippen LogP contribution < -0.4 is 10.3 Å². The van der Waals surface area contributed by atoms with E-state index in [2.05, 4.69) is 9.97 Å². The molecule has 0 amide bonds. The highest BCUT2D eigenvalue weighted by molar-refractivity contribution is 6.34. The minimum absolute atomic E-state index is 0.000279. The zero-order chi connectivity index (χ0) is 19.6. The molecule has 0 radical (unpaired) electrons. The Morgan fingerprint density at radius 3 is 2.52 bits per heavy atom. The topological polar surface area (TPSA) is 57.0 Å². The van der Waals surface area contributed by atoms with Gasteiger partial charge < -0.3 is 9.30 Å². The third-order valence-corrected chi connectivity index (χ3v) is 4.24. The molecule has 0 atom stereocenters. The Labute approximate surface area is 157 Å². The average Bonchev–Trinajstić information content (AvgIpc) is 2.63. The Bertz CT molecular complexity index is 1020. The first-order chi connectivity index (χ1) is 12.8. The SMILES string of the molecule is COc1cn(Cc2ccncc2)c(-c2cccc(C(F)(F)F)c2Cl)nc1=O. The zero-order valence-corrected chi connectivity index (χ0v) is 14.8. The quantitative estimate of drug-likeness (QED) is 0.669. The van der Waals surface area contributed by atoms with Crippen LogP contribution in [-0.2, 0) is 12.7 Å². The Morgan fingerprint density at radius 1 is 1.19 bits per heavy atom. The molecule has 0 saturated carbocycles. The van der Waals surface area contributed by atoms with Gasteiger partial charge in [-0.05, 0) is 29.8 Å². The van der Waals surface area contributed by atoms with Crippen molar-refractivity contribution in [2.45, 2.75) is 12.7 Å². The minimum Gasteiger partial charge on any atom is -0.490 e. The predicted octanol–water partition coefficient (Wildman–Crippen LogP) is 4.03. The summed E-state index contributed by atoms with van der Waals surface area (Å²) >= 11 is 6.01. The van der Waals surface area contributed by atoms with E-state index in [9.17, 15) is 18.0 Å². The second kappa shape index (κ2) is 7.40. The van der Waals surface area contributed by atoms with Gasteiger partial charge in [0.25, 0.3) is 0 Å². The second-order valence-electron chi connectivity index (χ2n) is 5.59. The van der Waals surface area contributed by atoms with E-state index in [4.69, 9.17) is 16.3 Å². The van der Waals surface area contributed by atoms with Gasteiger partial charge in [0.15, 0.2) is 0 Å². The molecule has 2 heterocycles. The fourth-order valence-corrected chi connectivity index (χ4v) is 2.88. The Morgan fingerprint density at radius 2 is 1.89 bits per heavy atom. The van der Waals surface area contributed by atoms with Crippen molar-refractivity contribution in [3.8, 4) is 17.1 Å². The highest BCUT2D eigenvalue weighted by Gasteiger charge is 2.34. The molecule has 9 heteroatoms. The largest absolute Gasteiger partial charge is 0.490 e. The van der Waals surface area contributed by atoms with Gasteiger partial charge in [-0.2, -0.15) is 18.2 Å². The average molecular weight is 396 g/mol. The lowest BCUT2D eigenvalue weighted by molar-refractivity contribution is -0.137. The number of halogens is 4. The van der Waals surface area contributed by atoms with E-state index in [0.717, 1.165) is 11.6 Å². The van der Waals surface area contributed by atoms with Gasteiger partial charge in [0.05, 0.1) is 23.9 Å². The molecule has 5 nitrogen and oxygen atoms in total. The third-order valence-electron chi connectivity index (χ3n) is 3.83. The summed E-state index contributed by atoms with van der Waals surface area (Å²) in [4.78, 5) is 19.9. The molecule has 0 unspecified atom stereocenters. The lowest BCUT2D eigenvalue weighted by Crippen LogP contribution is -2.18. The zero-order valence-electron chi connectivity index (χ0n) is 14.0. The normalized spacial score (nSPS) is 11.4. The van der Waals surface area contributed by atoms with Gasteiger partial charge in [0.1, 0.15) is 5.82 Å². The monoisotopic (exact) mass is 395 g/mol. The maximum atomic E-state index is 13.2. The van der Waals surface area contributed by atoms with Gasteiger partial charge in [0, 0.05) is 24.5 Å². The molecule has 0 aliphatic heterocycles. The number of rotatable bonds is 4. The molecule has 1 aromatic carbocycles. The molecule has 27 heavy (non-hydrogen) atoms. The number of alkyl halides is 3. The molecule has 0 saturated heterocycles. The summed E-state index contributed by atoms with van der Waals surface area (Å²) in [5.41, 5.74) is -0.892. The number of hydrogen-bond donors (Lipinski definition) is 0. The first-order valence-corrected chi connectivity index (χ1v) is 8.09. The van der Waals surface area contributed by atoms with Crippen molar-refractivity contribution in [2.75, 3.05) is 7.11 Å². The molecule has 0 aliphatic rings. The van der Waals surface area contributed by atoms with E-state index in [1.807, 2.05) is 0 Å². The van der Waals surface area contributed by atoms with Crippen molar-refractivity contribution in [1.82, 2.24) is 14.5 Å². The Hall–Kier alpha value is -2.87. The number of pyridine rings is 1. The van der Waals surface area contributed by atoms with Crippen LogP contribution in [0.3, 0.4) is 0 Å². The number of hydrogen-bond acceptors (Lipinski definition) is 4. The van der Waals surface area contributed by atoms with E-state index >= 15 is 0 Å². The van der Waals surface area contributed by atoms with Crippen molar-refractivity contribution >= 4 is 11.6 Å². The van der Waals surface area contributed by atoms with Crippen LogP contribution in [0, 0.1) is 0 Å². The highest BCUT2D eigenvalue weighted by Crippen LogP contribution is 2.39. The van der Waals surface area contributed by atoms with Crippen LogP contribution in [0.15, 0.2) is 53.7 Å². The Balaban J connectivity index is 2.21. The van der Waals surface area contributed by atoms with Gasteiger partial charge in [-0.15, -0.1) is 0 Å². The molecule has 140 valence electrons. The van der Waals surface area contributed by atoms with E-state index in [0.29, 0.717) is 0 Å². The summed E-state index contributed by atoms with van der Waals surface area (Å²) in [6.07, 6.45) is -0.0730. The lowest BCUT2D eigenvalue weighted by Gasteiger charge is -2.17. The lowest BCUT2D eigenvalue weighted by atomic mass is 10.1. The molecule has 0 spiro atoms. The van der Waals surface area contributed by atoms with Gasteiger partial charge in [-0.1, -0.05) is 17.7 Å². The van der Waals surface area contributed by atoms with Crippen LogP contribution in [0.2, 0.25) is 5.02 Å². The predicted molar refractivity (Wildman–Crippen MR) is 93.8 cm³/mol. The summed E-state index contributed by atoms with van der Waals surface area (Å²) in [6.45, 7) is 0.230. The van der Waals surface area contributed by atoms with Crippen LogP contribution in [0.4, 0.5) is 13.2 Å². The van der Waals surface area contributed by atoms with Crippen molar-refractivity contribution in [1.29, 1.82) is 0 Å². The van der Waals surface area contributed by atoms with Crippen LogP contribution in [0.5, 0.6) is 5.75 Å². The number of ether oxygens (including phenoxy) is 1. The molecule has 3 aromatic rings. The van der Waals surface area contributed by atoms with E-state index in [-0.39, 0.29) is 23.7 Å². The standard InChI is InChI=1S/C18H13ClF3N3O2/c1-27-14-10-25(9-11-5-7-23-8-6-11)16(24-17(14)26)12-3-2-4-13(15(12)19)18(20,21)22/h2-8,10H,9H2,1H3. The molecule has 3 rings (SSSR count). The highest BCUT2D eigenvalue weighted by atomic mass is 35.5. The summed E-state index contributed by atoms with van der Waals surface area (Å²) in [6, 6.07) is 6.96. The molecular weight excluding hydrogens is 383 g/mol. The molecule has 0 fully saturated rings. The number of methoxy groups -OCH3 is 1. The van der Waals surface area contributed by atoms with Crippen molar-refractivity contribution < 1.29 is 17.9 Å². The van der Waals surface area contributed by atoms with Crippen LogP contribution >= 0.6 is 11.6 Å². The number of nitrogens with zero attached hydrogens (tertiary/aromatic N) is 3. The third kappa shape index (κ3) is 3.95. The fourth-order valence-electron chi connectivity index (χ4n) is 2.56. The summed E-state index contributed by atoms with van der Waals surface area (Å²) in [7, 11) is 1.31. The minimum atomic E-state index is -4.63. The molecule has 0 bridgehead atoms. The van der Waals surface area contributed by atoms with E-state index in [1.165, 1.54) is 30.0 Å². The van der Waals surface area contributed by atoms with Gasteiger partial charge >= 0.3 is 11.7 Å². The van der Waals surface area contributed by atoms with E-state index in [1.54, 1.807) is 24.5 Å². The van der Waals surface area contributed by atoms with Crippen LogP contribution in [-0.4, -0.2) is 21.6 Å².